The van der Waals surface area contributed by atoms with E-state index < -0.39 is 0 Å². The van der Waals surface area contributed by atoms with Gasteiger partial charge >= 0.3 is 0 Å². The first-order valence-corrected chi connectivity index (χ1v) is 11.2. The summed E-state index contributed by atoms with van der Waals surface area (Å²) in [7, 11) is 0. The van der Waals surface area contributed by atoms with Gasteiger partial charge in [-0.2, -0.15) is 0 Å². The van der Waals surface area contributed by atoms with Gasteiger partial charge in [0.2, 0.25) is 5.95 Å². The van der Waals surface area contributed by atoms with Crippen molar-refractivity contribution in [1.82, 2.24) is 14.8 Å². The highest BCUT2D eigenvalue weighted by Gasteiger charge is 2.26. The quantitative estimate of drug-likeness (QED) is 0.654. The number of hydrogen-bond donors (Lipinski definition) is 0. The van der Waals surface area contributed by atoms with Crippen molar-refractivity contribution in [2.75, 3.05) is 24.6 Å². The van der Waals surface area contributed by atoms with E-state index in [1.807, 2.05) is 18.2 Å². The molecule has 146 valence electrons. The SMILES string of the molecule is CC1CCN(c2nnc(SCc3ccccc3Cl)n2CC2CCCO2)CC1. The van der Waals surface area contributed by atoms with Crippen LogP contribution in [0.15, 0.2) is 29.4 Å². The smallest absolute Gasteiger partial charge is 0.228 e. The molecule has 1 aromatic carbocycles. The molecule has 7 heteroatoms. The molecule has 0 N–H and O–H groups in total. The Hall–Kier alpha value is -1.24. The van der Waals surface area contributed by atoms with Gasteiger partial charge in [-0.3, -0.25) is 4.57 Å². The molecule has 27 heavy (non-hydrogen) atoms. The maximum Gasteiger partial charge on any atom is 0.228 e. The summed E-state index contributed by atoms with van der Waals surface area (Å²) in [6, 6.07) is 8.00. The van der Waals surface area contributed by atoms with E-state index in [0.717, 1.165) is 72.4 Å². The van der Waals surface area contributed by atoms with Crippen molar-refractivity contribution in [1.29, 1.82) is 0 Å². The highest BCUT2D eigenvalue weighted by molar-refractivity contribution is 7.98. The molecule has 5 nitrogen and oxygen atoms in total. The Morgan fingerprint density at radius 1 is 1.19 bits per heavy atom. The predicted octanol–water partition coefficient (Wildman–Crippen LogP) is 4.64. The number of hydrogen-bond acceptors (Lipinski definition) is 5. The lowest BCUT2D eigenvalue weighted by molar-refractivity contribution is 0.0951. The summed E-state index contributed by atoms with van der Waals surface area (Å²) in [4.78, 5) is 2.39. The van der Waals surface area contributed by atoms with Gasteiger partial charge in [0, 0.05) is 30.5 Å². The number of piperidine rings is 1. The highest BCUT2D eigenvalue weighted by atomic mass is 35.5. The fraction of sp³-hybridized carbons (Fsp3) is 0.600. The minimum Gasteiger partial charge on any atom is -0.376 e. The van der Waals surface area contributed by atoms with E-state index in [-0.39, 0.29) is 6.10 Å². The zero-order chi connectivity index (χ0) is 18.6. The maximum atomic E-state index is 6.32. The van der Waals surface area contributed by atoms with Crippen molar-refractivity contribution in [2.24, 2.45) is 5.92 Å². The van der Waals surface area contributed by atoms with Crippen molar-refractivity contribution >= 4 is 29.3 Å². The van der Waals surface area contributed by atoms with Gasteiger partial charge in [0.05, 0.1) is 12.6 Å². The Labute approximate surface area is 170 Å². The van der Waals surface area contributed by atoms with Crippen molar-refractivity contribution in [3.8, 4) is 0 Å². The minimum atomic E-state index is 0.267. The summed E-state index contributed by atoms with van der Waals surface area (Å²) < 4.78 is 8.17. The molecule has 3 heterocycles. The molecule has 0 spiro atoms. The van der Waals surface area contributed by atoms with Crippen molar-refractivity contribution < 1.29 is 4.74 Å². The Morgan fingerprint density at radius 2 is 2.00 bits per heavy atom. The largest absolute Gasteiger partial charge is 0.376 e. The Bertz CT molecular complexity index is 754. The number of anilines is 1. The molecule has 0 radical (unpaired) electrons. The van der Waals surface area contributed by atoms with E-state index in [9.17, 15) is 0 Å². The second-order valence-corrected chi connectivity index (χ2v) is 8.93. The van der Waals surface area contributed by atoms with Gasteiger partial charge in [0.15, 0.2) is 5.16 Å². The second-order valence-electron chi connectivity index (χ2n) is 7.58. The molecule has 0 aliphatic carbocycles. The van der Waals surface area contributed by atoms with Crippen LogP contribution in [0.2, 0.25) is 5.02 Å². The number of thioether (sulfide) groups is 1. The number of halogens is 1. The summed E-state index contributed by atoms with van der Waals surface area (Å²) >= 11 is 8.03. The second kappa shape index (κ2) is 8.84. The number of benzene rings is 1. The lowest BCUT2D eigenvalue weighted by atomic mass is 10.00. The fourth-order valence-corrected chi connectivity index (χ4v) is 4.97. The Kier molecular flexibility index (Phi) is 6.25. The first-order chi connectivity index (χ1) is 13.2. The van der Waals surface area contributed by atoms with Crippen LogP contribution in [-0.2, 0) is 17.0 Å². The highest BCUT2D eigenvalue weighted by Crippen LogP contribution is 2.30. The summed E-state index contributed by atoms with van der Waals surface area (Å²) in [6.07, 6.45) is 4.96. The van der Waals surface area contributed by atoms with Crippen LogP contribution in [0.25, 0.3) is 0 Å². The van der Waals surface area contributed by atoms with Gasteiger partial charge in [-0.1, -0.05) is 48.5 Å². The zero-order valence-corrected chi connectivity index (χ0v) is 17.4. The zero-order valence-electron chi connectivity index (χ0n) is 15.8. The molecule has 0 bridgehead atoms. The maximum absolute atomic E-state index is 6.32. The van der Waals surface area contributed by atoms with Crippen LogP contribution in [0.3, 0.4) is 0 Å². The first kappa shape index (κ1) is 19.1. The predicted molar refractivity (Wildman–Crippen MR) is 111 cm³/mol. The third kappa shape index (κ3) is 4.61. The van der Waals surface area contributed by atoms with Crippen LogP contribution < -0.4 is 4.90 Å². The number of rotatable bonds is 6. The van der Waals surface area contributed by atoms with Crippen LogP contribution in [0.4, 0.5) is 5.95 Å². The molecule has 1 atom stereocenters. The molecule has 0 saturated carbocycles. The van der Waals surface area contributed by atoms with E-state index in [1.54, 1.807) is 11.8 Å². The van der Waals surface area contributed by atoms with Crippen LogP contribution >= 0.6 is 23.4 Å². The third-order valence-electron chi connectivity index (χ3n) is 5.49. The van der Waals surface area contributed by atoms with Gasteiger partial charge < -0.3 is 9.64 Å². The number of nitrogens with zero attached hydrogens (tertiary/aromatic N) is 4. The molecular weight excluding hydrogens is 380 g/mol. The van der Waals surface area contributed by atoms with E-state index in [2.05, 4.69) is 32.7 Å². The summed E-state index contributed by atoms with van der Waals surface area (Å²) in [5.41, 5.74) is 1.13. The van der Waals surface area contributed by atoms with Crippen LogP contribution in [-0.4, -0.2) is 40.6 Å². The Balaban J connectivity index is 1.53. The topological polar surface area (TPSA) is 43.2 Å². The van der Waals surface area contributed by atoms with E-state index in [0.29, 0.717) is 0 Å². The van der Waals surface area contributed by atoms with E-state index in [1.165, 1.54) is 12.8 Å². The molecular formula is C20H27ClN4OS. The van der Waals surface area contributed by atoms with Crippen molar-refractivity contribution in [2.45, 2.75) is 56.2 Å². The van der Waals surface area contributed by atoms with Crippen LogP contribution in [0.1, 0.15) is 38.2 Å². The standard InChI is InChI=1S/C20H27ClN4OS/c1-15-8-10-24(11-9-15)19-22-23-20(25(19)13-17-6-4-12-26-17)27-14-16-5-2-3-7-18(16)21/h2-3,5,7,15,17H,4,6,8-14H2,1H3. The van der Waals surface area contributed by atoms with E-state index >= 15 is 0 Å². The van der Waals surface area contributed by atoms with Crippen LogP contribution in [0, 0.1) is 5.92 Å². The molecule has 2 aliphatic rings. The minimum absolute atomic E-state index is 0.267. The van der Waals surface area contributed by atoms with Gasteiger partial charge in [0.25, 0.3) is 0 Å². The molecule has 2 aliphatic heterocycles. The number of ether oxygens (including phenoxy) is 1. The number of aromatic nitrogens is 3. The average molecular weight is 407 g/mol. The summed E-state index contributed by atoms with van der Waals surface area (Å²) in [5.74, 6) is 2.59. The molecule has 2 fully saturated rings. The van der Waals surface area contributed by atoms with Gasteiger partial charge in [0.1, 0.15) is 0 Å². The summed E-state index contributed by atoms with van der Waals surface area (Å²) in [5, 5.41) is 10.9. The van der Waals surface area contributed by atoms with Gasteiger partial charge in [-0.25, -0.2) is 0 Å². The van der Waals surface area contributed by atoms with Crippen molar-refractivity contribution in [3.05, 3.63) is 34.9 Å². The van der Waals surface area contributed by atoms with Gasteiger partial charge in [-0.15, -0.1) is 10.2 Å². The first-order valence-electron chi connectivity index (χ1n) is 9.86. The summed E-state index contributed by atoms with van der Waals surface area (Å²) in [6.45, 7) is 6.14. The van der Waals surface area contributed by atoms with Crippen LogP contribution in [0.5, 0.6) is 0 Å². The van der Waals surface area contributed by atoms with Gasteiger partial charge in [-0.05, 0) is 43.2 Å². The Morgan fingerprint density at radius 3 is 2.74 bits per heavy atom. The lowest BCUT2D eigenvalue weighted by Crippen LogP contribution is -2.35. The normalized spacial score (nSPS) is 21.1. The lowest BCUT2D eigenvalue weighted by Gasteiger charge is -2.31. The molecule has 1 aromatic heterocycles. The molecule has 2 aromatic rings. The third-order valence-corrected chi connectivity index (χ3v) is 6.87. The molecule has 4 rings (SSSR count). The van der Waals surface area contributed by atoms with E-state index in [4.69, 9.17) is 16.3 Å². The molecule has 1 unspecified atom stereocenters. The van der Waals surface area contributed by atoms with Crippen molar-refractivity contribution in [3.63, 3.8) is 0 Å². The fourth-order valence-electron chi connectivity index (χ4n) is 3.74. The molecule has 2 saturated heterocycles. The molecule has 0 amide bonds. The average Bonchev–Trinajstić information content (AvgIpc) is 3.33. The monoisotopic (exact) mass is 406 g/mol.